The summed E-state index contributed by atoms with van der Waals surface area (Å²) >= 11 is 0. The van der Waals surface area contributed by atoms with E-state index in [-0.39, 0.29) is 6.54 Å². The Kier molecular flexibility index (Phi) is 4.60. The molecule has 8 heteroatoms. The van der Waals surface area contributed by atoms with Crippen LogP contribution in [0.2, 0.25) is 0 Å². The van der Waals surface area contributed by atoms with E-state index in [0.717, 1.165) is 12.1 Å². The minimum absolute atomic E-state index is 0.0706. The molecular weight excluding hydrogens is 332 g/mol. The fourth-order valence-corrected chi connectivity index (χ4v) is 2.53. The predicted octanol–water partition coefficient (Wildman–Crippen LogP) is 2.48. The summed E-state index contributed by atoms with van der Waals surface area (Å²) in [6.45, 7) is 1.85. The van der Waals surface area contributed by atoms with Crippen molar-refractivity contribution in [3.8, 4) is 0 Å². The van der Waals surface area contributed by atoms with Gasteiger partial charge in [0.1, 0.15) is 17.2 Å². The second kappa shape index (κ2) is 6.84. The molecule has 1 aromatic carbocycles. The van der Waals surface area contributed by atoms with E-state index in [1.807, 2.05) is 0 Å². The number of pyridine rings is 1. The van der Waals surface area contributed by atoms with Crippen molar-refractivity contribution >= 4 is 17.1 Å². The Hall–Kier alpha value is -3.03. The van der Waals surface area contributed by atoms with E-state index in [9.17, 15) is 18.4 Å². The normalized spacial score (nSPS) is 12.3. The van der Waals surface area contributed by atoms with Crippen LogP contribution >= 0.6 is 0 Å². The number of rotatable bonds is 5. The number of hydrogen-bond donors (Lipinski definition) is 1. The number of oxazole rings is 1. The maximum absolute atomic E-state index is 13.7. The van der Waals surface area contributed by atoms with Gasteiger partial charge in [-0.15, -0.1) is 0 Å². The number of nitrogens with one attached hydrogen (secondary N) is 1. The van der Waals surface area contributed by atoms with Gasteiger partial charge in [0.25, 0.3) is 5.91 Å². The highest BCUT2D eigenvalue weighted by atomic mass is 19.1. The summed E-state index contributed by atoms with van der Waals surface area (Å²) in [5.41, 5.74) is 0.0228. The van der Waals surface area contributed by atoms with Crippen molar-refractivity contribution < 1.29 is 18.0 Å². The van der Waals surface area contributed by atoms with E-state index in [4.69, 9.17) is 4.42 Å². The van der Waals surface area contributed by atoms with Gasteiger partial charge < -0.3 is 9.73 Å². The summed E-state index contributed by atoms with van der Waals surface area (Å²) in [7, 11) is 0. The highest BCUT2D eigenvalue weighted by molar-refractivity contribution is 5.94. The van der Waals surface area contributed by atoms with E-state index in [1.54, 1.807) is 19.1 Å². The Bertz CT molecular complexity index is 960. The number of halogens is 2. The maximum Gasteiger partial charge on any atom is 0.421 e. The molecule has 2 heterocycles. The molecule has 6 nitrogen and oxygen atoms in total. The standard InChI is InChI=1S/C17H15F2N3O3/c1-2-10(21-16(23)14-11(18)5-3-6-12(14)19)9-22-15-13(25-17(22)24)7-4-8-20-15/h3-8,10H,2,9H2,1H3,(H,21,23)/t10-/m1/s1. The van der Waals surface area contributed by atoms with Crippen LogP contribution < -0.4 is 11.1 Å². The average molecular weight is 347 g/mol. The average Bonchev–Trinajstić information content (AvgIpc) is 2.89. The van der Waals surface area contributed by atoms with Crippen LogP contribution in [0.5, 0.6) is 0 Å². The molecule has 3 rings (SSSR count). The number of carbonyl (C=O) groups excluding carboxylic acids is 1. The molecule has 3 aromatic rings. The zero-order valence-electron chi connectivity index (χ0n) is 13.3. The van der Waals surface area contributed by atoms with Crippen molar-refractivity contribution in [3.05, 3.63) is 64.3 Å². The van der Waals surface area contributed by atoms with Crippen molar-refractivity contribution in [1.82, 2.24) is 14.9 Å². The number of nitrogens with zero attached hydrogens (tertiary/aromatic N) is 2. The van der Waals surface area contributed by atoms with Gasteiger partial charge in [0.2, 0.25) is 0 Å². The number of amides is 1. The predicted molar refractivity (Wildman–Crippen MR) is 86.2 cm³/mol. The van der Waals surface area contributed by atoms with Crippen LogP contribution in [0.1, 0.15) is 23.7 Å². The molecule has 1 atom stereocenters. The summed E-state index contributed by atoms with van der Waals surface area (Å²) in [5.74, 6) is -3.38. The van der Waals surface area contributed by atoms with Crippen LogP contribution in [0.4, 0.5) is 8.78 Å². The highest BCUT2D eigenvalue weighted by Crippen LogP contribution is 2.13. The second-order valence-electron chi connectivity index (χ2n) is 5.48. The Morgan fingerprint density at radius 2 is 2.00 bits per heavy atom. The summed E-state index contributed by atoms with van der Waals surface area (Å²) in [6, 6.07) is 5.91. The lowest BCUT2D eigenvalue weighted by atomic mass is 10.1. The Morgan fingerprint density at radius 3 is 2.68 bits per heavy atom. The molecule has 0 aliphatic carbocycles. The Balaban J connectivity index is 1.85. The van der Waals surface area contributed by atoms with Crippen LogP contribution in [-0.2, 0) is 6.54 Å². The first-order chi connectivity index (χ1) is 12.0. The lowest BCUT2D eigenvalue weighted by Gasteiger charge is -2.17. The molecule has 0 radical (unpaired) electrons. The van der Waals surface area contributed by atoms with Crippen molar-refractivity contribution in [1.29, 1.82) is 0 Å². The largest absolute Gasteiger partial charge is 0.421 e. The van der Waals surface area contributed by atoms with Crippen molar-refractivity contribution in [2.75, 3.05) is 0 Å². The SMILES string of the molecule is CC[C@H](Cn1c(=O)oc2cccnc21)NC(=O)c1c(F)cccc1F. The van der Waals surface area contributed by atoms with Crippen LogP contribution in [0.25, 0.3) is 11.2 Å². The number of fused-ring (bicyclic) bond motifs is 1. The van der Waals surface area contributed by atoms with Gasteiger partial charge in [0.15, 0.2) is 11.2 Å². The molecule has 0 aliphatic heterocycles. The minimum atomic E-state index is -0.944. The van der Waals surface area contributed by atoms with E-state index in [2.05, 4.69) is 10.3 Å². The van der Waals surface area contributed by atoms with Gasteiger partial charge in [-0.2, -0.15) is 0 Å². The molecule has 0 saturated carbocycles. The minimum Gasteiger partial charge on any atom is -0.406 e. The van der Waals surface area contributed by atoms with Gasteiger partial charge in [-0.25, -0.2) is 18.6 Å². The van der Waals surface area contributed by atoms with Gasteiger partial charge in [-0.3, -0.25) is 9.36 Å². The van der Waals surface area contributed by atoms with E-state index in [0.29, 0.717) is 17.7 Å². The summed E-state index contributed by atoms with van der Waals surface area (Å²) < 4.78 is 33.8. The quantitative estimate of drug-likeness (QED) is 0.769. The van der Waals surface area contributed by atoms with Crippen LogP contribution in [-0.4, -0.2) is 21.5 Å². The topological polar surface area (TPSA) is 77.1 Å². The molecule has 1 N–H and O–H groups in total. The molecule has 0 fully saturated rings. The molecule has 2 aromatic heterocycles. The number of carbonyl (C=O) groups is 1. The van der Waals surface area contributed by atoms with Gasteiger partial charge in [0.05, 0.1) is 6.54 Å². The maximum atomic E-state index is 13.7. The molecule has 25 heavy (non-hydrogen) atoms. The van der Waals surface area contributed by atoms with Crippen molar-refractivity contribution in [3.63, 3.8) is 0 Å². The van der Waals surface area contributed by atoms with Gasteiger partial charge in [-0.05, 0) is 30.7 Å². The molecule has 0 saturated heterocycles. The Morgan fingerprint density at radius 1 is 1.28 bits per heavy atom. The van der Waals surface area contributed by atoms with E-state index in [1.165, 1.54) is 16.8 Å². The van der Waals surface area contributed by atoms with Crippen LogP contribution in [0.3, 0.4) is 0 Å². The Labute approximate surface area is 141 Å². The first kappa shape index (κ1) is 16.8. The third-order valence-corrected chi connectivity index (χ3v) is 3.84. The zero-order chi connectivity index (χ0) is 18.0. The third-order valence-electron chi connectivity index (χ3n) is 3.84. The molecule has 1 amide bonds. The first-order valence-electron chi connectivity index (χ1n) is 7.70. The monoisotopic (exact) mass is 347 g/mol. The number of benzene rings is 1. The fraction of sp³-hybridized carbons (Fsp3) is 0.235. The van der Waals surface area contributed by atoms with E-state index < -0.39 is 34.9 Å². The molecule has 0 bridgehead atoms. The number of hydrogen-bond acceptors (Lipinski definition) is 4. The molecule has 0 spiro atoms. The van der Waals surface area contributed by atoms with Crippen molar-refractivity contribution in [2.24, 2.45) is 0 Å². The smallest absolute Gasteiger partial charge is 0.406 e. The lowest BCUT2D eigenvalue weighted by molar-refractivity contribution is 0.0923. The van der Waals surface area contributed by atoms with Crippen LogP contribution in [0.15, 0.2) is 45.7 Å². The van der Waals surface area contributed by atoms with Crippen molar-refractivity contribution in [2.45, 2.75) is 25.9 Å². The molecule has 0 aliphatic rings. The van der Waals surface area contributed by atoms with Gasteiger partial charge in [0, 0.05) is 12.2 Å². The highest BCUT2D eigenvalue weighted by Gasteiger charge is 2.21. The zero-order valence-corrected chi connectivity index (χ0v) is 13.3. The summed E-state index contributed by atoms with van der Waals surface area (Å²) in [4.78, 5) is 28.3. The second-order valence-corrected chi connectivity index (χ2v) is 5.48. The fourth-order valence-electron chi connectivity index (χ4n) is 2.53. The van der Waals surface area contributed by atoms with Crippen LogP contribution in [0, 0.1) is 11.6 Å². The van der Waals surface area contributed by atoms with Gasteiger partial charge >= 0.3 is 5.76 Å². The van der Waals surface area contributed by atoms with Gasteiger partial charge in [-0.1, -0.05) is 13.0 Å². The molecule has 130 valence electrons. The number of aromatic nitrogens is 2. The lowest BCUT2D eigenvalue weighted by Crippen LogP contribution is -2.39. The first-order valence-corrected chi connectivity index (χ1v) is 7.70. The third kappa shape index (κ3) is 3.28. The summed E-state index contributed by atoms with van der Waals surface area (Å²) in [5, 5.41) is 2.55. The molecular formula is C17H15F2N3O3. The molecule has 0 unspecified atom stereocenters. The summed E-state index contributed by atoms with van der Waals surface area (Å²) in [6.07, 6.45) is 1.95. The van der Waals surface area contributed by atoms with E-state index >= 15 is 0 Å².